The van der Waals surface area contributed by atoms with Crippen molar-refractivity contribution in [3.8, 4) is 6.07 Å². The summed E-state index contributed by atoms with van der Waals surface area (Å²) in [5.74, 6) is -0.389. The zero-order valence-corrected chi connectivity index (χ0v) is 18.2. The molecular formula is C23H32FN3O3. The van der Waals surface area contributed by atoms with E-state index in [4.69, 9.17) is 14.7 Å². The van der Waals surface area contributed by atoms with Crippen molar-refractivity contribution in [2.75, 3.05) is 26.2 Å². The van der Waals surface area contributed by atoms with Crippen LogP contribution in [-0.4, -0.2) is 59.8 Å². The molecule has 0 spiro atoms. The maximum atomic E-state index is 14.1. The van der Waals surface area contributed by atoms with Gasteiger partial charge in [0.15, 0.2) is 0 Å². The van der Waals surface area contributed by atoms with Crippen LogP contribution in [-0.2, 0) is 16.1 Å². The second kappa shape index (κ2) is 9.76. The van der Waals surface area contributed by atoms with Gasteiger partial charge in [-0.05, 0) is 58.6 Å². The molecule has 30 heavy (non-hydrogen) atoms. The van der Waals surface area contributed by atoms with Gasteiger partial charge in [0.05, 0.1) is 24.3 Å². The predicted octanol–water partition coefficient (Wildman–Crippen LogP) is 4.08. The highest BCUT2D eigenvalue weighted by Gasteiger charge is 2.32. The number of amides is 1. The topological polar surface area (TPSA) is 65.8 Å². The largest absolute Gasteiger partial charge is 0.444 e. The Labute approximate surface area is 178 Å². The number of piperazine rings is 1. The molecule has 1 heterocycles. The Hall–Kier alpha value is -2.17. The molecule has 3 rings (SSSR count). The number of hydrogen-bond donors (Lipinski definition) is 0. The predicted molar refractivity (Wildman–Crippen MR) is 111 cm³/mol. The Bertz CT molecular complexity index is 779. The zero-order chi connectivity index (χ0) is 21.7. The Balaban J connectivity index is 1.46. The molecule has 1 saturated heterocycles. The molecule has 1 aliphatic carbocycles. The first-order chi connectivity index (χ1) is 14.2. The van der Waals surface area contributed by atoms with Gasteiger partial charge in [-0.25, -0.2) is 9.18 Å². The van der Waals surface area contributed by atoms with Gasteiger partial charge in [-0.2, -0.15) is 5.26 Å². The normalized spacial score (nSPS) is 23.1. The minimum absolute atomic E-state index is 0.0997. The van der Waals surface area contributed by atoms with E-state index in [1.165, 1.54) is 6.07 Å². The van der Waals surface area contributed by atoms with Gasteiger partial charge < -0.3 is 14.4 Å². The summed E-state index contributed by atoms with van der Waals surface area (Å²) in [5.41, 5.74) is 0.331. The van der Waals surface area contributed by atoms with Crippen molar-refractivity contribution in [3.05, 3.63) is 35.1 Å². The first-order valence-electron chi connectivity index (χ1n) is 10.8. The summed E-state index contributed by atoms with van der Waals surface area (Å²) in [6.07, 6.45) is 3.96. The number of halogens is 1. The lowest BCUT2D eigenvalue weighted by molar-refractivity contribution is -0.0245. The van der Waals surface area contributed by atoms with Gasteiger partial charge in [0.25, 0.3) is 0 Å². The highest BCUT2D eigenvalue weighted by atomic mass is 19.1. The van der Waals surface area contributed by atoms with Crippen molar-refractivity contribution < 1.29 is 18.7 Å². The highest BCUT2D eigenvalue weighted by Crippen LogP contribution is 2.27. The second-order valence-corrected chi connectivity index (χ2v) is 9.17. The molecule has 1 aliphatic heterocycles. The lowest BCUT2D eigenvalue weighted by Crippen LogP contribution is -2.54. The smallest absolute Gasteiger partial charge is 0.410 e. The molecule has 2 aliphatic rings. The van der Waals surface area contributed by atoms with Crippen LogP contribution < -0.4 is 0 Å². The standard InChI is InChI=1S/C23H32FN3O3/c1-23(2,3)30-22(28)27-11-9-26(10-12-27)19-5-4-6-20(14-19)29-16-18-8-7-17(15-25)13-21(18)24/h7-8,13,19-20H,4-6,9-12,14,16H2,1-3H3. The van der Waals surface area contributed by atoms with Crippen molar-refractivity contribution in [2.24, 2.45) is 0 Å². The molecule has 164 valence electrons. The molecule has 7 heteroatoms. The fourth-order valence-corrected chi connectivity index (χ4v) is 4.14. The van der Waals surface area contributed by atoms with E-state index in [0.29, 0.717) is 30.3 Å². The monoisotopic (exact) mass is 417 g/mol. The maximum Gasteiger partial charge on any atom is 0.410 e. The fraction of sp³-hybridized carbons (Fsp3) is 0.652. The van der Waals surface area contributed by atoms with Crippen molar-refractivity contribution in [1.82, 2.24) is 9.80 Å². The minimum Gasteiger partial charge on any atom is -0.444 e. The molecule has 0 radical (unpaired) electrons. The lowest BCUT2D eigenvalue weighted by Gasteiger charge is -2.42. The second-order valence-electron chi connectivity index (χ2n) is 9.17. The van der Waals surface area contributed by atoms with E-state index >= 15 is 0 Å². The Kier molecular flexibility index (Phi) is 7.32. The van der Waals surface area contributed by atoms with Crippen LogP contribution in [0.3, 0.4) is 0 Å². The number of ether oxygens (including phenoxy) is 2. The van der Waals surface area contributed by atoms with Crippen LogP contribution in [0.2, 0.25) is 0 Å². The molecule has 1 aromatic rings. The van der Waals surface area contributed by atoms with Gasteiger partial charge >= 0.3 is 6.09 Å². The third-order valence-electron chi connectivity index (χ3n) is 5.74. The van der Waals surface area contributed by atoms with E-state index in [2.05, 4.69) is 4.90 Å². The van der Waals surface area contributed by atoms with E-state index in [0.717, 1.165) is 38.8 Å². The summed E-state index contributed by atoms with van der Waals surface area (Å²) in [7, 11) is 0. The third kappa shape index (κ3) is 6.16. The highest BCUT2D eigenvalue weighted by molar-refractivity contribution is 5.68. The molecule has 1 aromatic carbocycles. The summed E-state index contributed by atoms with van der Waals surface area (Å²) >= 11 is 0. The molecular weight excluding hydrogens is 385 g/mol. The summed E-state index contributed by atoms with van der Waals surface area (Å²) in [4.78, 5) is 16.5. The van der Waals surface area contributed by atoms with E-state index in [1.807, 2.05) is 26.8 Å². The minimum atomic E-state index is -0.476. The zero-order valence-electron chi connectivity index (χ0n) is 18.2. The Morgan fingerprint density at radius 1 is 1.23 bits per heavy atom. The van der Waals surface area contributed by atoms with E-state index in [-0.39, 0.29) is 24.6 Å². The summed E-state index contributed by atoms with van der Waals surface area (Å²) in [6, 6.07) is 6.88. The Morgan fingerprint density at radius 2 is 1.97 bits per heavy atom. The van der Waals surface area contributed by atoms with Gasteiger partial charge in [0.1, 0.15) is 11.4 Å². The summed E-state index contributed by atoms with van der Waals surface area (Å²) < 4.78 is 25.6. The average Bonchev–Trinajstić information content (AvgIpc) is 2.72. The SMILES string of the molecule is CC(C)(C)OC(=O)N1CCN(C2CCCC(OCc3ccc(C#N)cc3F)C2)CC1. The van der Waals surface area contributed by atoms with Gasteiger partial charge in [-0.1, -0.05) is 6.07 Å². The van der Waals surface area contributed by atoms with Crippen molar-refractivity contribution >= 4 is 6.09 Å². The van der Waals surface area contributed by atoms with Crippen LogP contribution in [0.5, 0.6) is 0 Å². The number of nitriles is 1. The van der Waals surface area contributed by atoms with E-state index < -0.39 is 5.60 Å². The van der Waals surface area contributed by atoms with Gasteiger partial charge in [0, 0.05) is 37.8 Å². The third-order valence-corrected chi connectivity index (χ3v) is 5.74. The van der Waals surface area contributed by atoms with E-state index in [9.17, 15) is 9.18 Å². The molecule has 2 fully saturated rings. The van der Waals surface area contributed by atoms with Gasteiger partial charge in [-0.15, -0.1) is 0 Å². The van der Waals surface area contributed by atoms with Gasteiger partial charge in [-0.3, -0.25) is 4.90 Å². The molecule has 1 saturated carbocycles. The van der Waals surface area contributed by atoms with Crippen molar-refractivity contribution in [1.29, 1.82) is 5.26 Å². The van der Waals surface area contributed by atoms with Crippen LogP contribution in [0.4, 0.5) is 9.18 Å². The Morgan fingerprint density at radius 3 is 2.60 bits per heavy atom. The van der Waals surface area contributed by atoms with Crippen LogP contribution in [0.15, 0.2) is 18.2 Å². The number of hydrogen-bond acceptors (Lipinski definition) is 5. The molecule has 6 nitrogen and oxygen atoms in total. The summed E-state index contributed by atoms with van der Waals surface area (Å²) in [5, 5.41) is 8.85. The first-order valence-corrected chi connectivity index (χ1v) is 10.8. The molecule has 0 bridgehead atoms. The van der Waals surface area contributed by atoms with Crippen molar-refractivity contribution in [2.45, 2.75) is 70.8 Å². The number of benzene rings is 1. The number of carbonyl (C=O) groups is 1. The van der Waals surface area contributed by atoms with Crippen LogP contribution >= 0.6 is 0 Å². The maximum absolute atomic E-state index is 14.1. The van der Waals surface area contributed by atoms with Gasteiger partial charge in [0.2, 0.25) is 0 Å². The van der Waals surface area contributed by atoms with Crippen LogP contribution in [0, 0.1) is 17.1 Å². The van der Waals surface area contributed by atoms with Crippen molar-refractivity contribution in [3.63, 3.8) is 0 Å². The first kappa shape index (κ1) is 22.5. The average molecular weight is 418 g/mol. The number of carbonyl (C=O) groups excluding carboxylic acids is 1. The molecule has 0 N–H and O–H groups in total. The molecule has 2 atom stereocenters. The summed E-state index contributed by atoms with van der Waals surface area (Å²) in [6.45, 7) is 8.89. The van der Waals surface area contributed by atoms with Crippen LogP contribution in [0.1, 0.15) is 57.6 Å². The lowest BCUT2D eigenvalue weighted by atomic mass is 9.91. The number of rotatable bonds is 4. The molecule has 2 unspecified atom stereocenters. The fourth-order valence-electron chi connectivity index (χ4n) is 4.14. The molecule has 1 amide bonds. The van der Waals surface area contributed by atoms with Crippen LogP contribution in [0.25, 0.3) is 0 Å². The quantitative estimate of drug-likeness (QED) is 0.739. The number of nitrogens with zero attached hydrogens (tertiary/aromatic N) is 3. The van der Waals surface area contributed by atoms with E-state index in [1.54, 1.807) is 17.0 Å². The molecule has 0 aromatic heterocycles.